The van der Waals surface area contributed by atoms with Crippen LogP contribution in [0.4, 0.5) is 0 Å². The van der Waals surface area contributed by atoms with E-state index in [4.69, 9.17) is 15.3 Å². The first-order valence-corrected chi connectivity index (χ1v) is 7.02. The molecule has 1 amide bonds. The third-order valence-corrected chi connectivity index (χ3v) is 3.22. The maximum atomic E-state index is 11.8. The first-order chi connectivity index (χ1) is 10.2. The van der Waals surface area contributed by atoms with E-state index in [1.165, 1.54) is 0 Å². The van der Waals surface area contributed by atoms with Crippen molar-refractivity contribution < 1.29 is 14.3 Å². The van der Waals surface area contributed by atoms with E-state index in [0.29, 0.717) is 25.3 Å². The van der Waals surface area contributed by atoms with E-state index in [1.807, 2.05) is 18.2 Å². The summed E-state index contributed by atoms with van der Waals surface area (Å²) in [6.45, 7) is 3.73. The summed E-state index contributed by atoms with van der Waals surface area (Å²) in [7, 11) is 3.38. The Balaban J connectivity index is 2.74. The standard InChI is InChI=1S/C15H25N3O3/c1-20-10-5-8-18(9-11-21-2)12-13-6-3-4-7-14(13)15(19)17-16/h3-4,6-7H,5,8-12,16H2,1-2H3,(H,17,19). The molecule has 21 heavy (non-hydrogen) atoms. The lowest BCUT2D eigenvalue weighted by molar-refractivity contribution is 0.0950. The lowest BCUT2D eigenvalue weighted by Gasteiger charge is -2.23. The van der Waals surface area contributed by atoms with Crippen molar-refractivity contribution in [2.75, 3.05) is 40.5 Å². The van der Waals surface area contributed by atoms with Crippen molar-refractivity contribution in [1.29, 1.82) is 0 Å². The molecule has 6 nitrogen and oxygen atoms in total. The molecule has 1 aromatic rings. The first kappa shape index (κ1) is 17.6. The number of nitrogens with zero attached hydrogens (tertiary/aromatic N) is 1. The molecule has 0 fully saturated rings. The van der Waals surface area contributed by atoms with E-state index < -0.39 is 0 Å². The molecular formula is C15H25N3O3. The molecule has 1 aromatic carbocycles. The van der Waals surface area contributed by atoms with Crippen LogP contribution in [0, 0.1) is 0 Å². The number of amides is 1. The Hall–Kier alpha value is -1.47. The number of nitrogens with one attached hydrogen (secondary N) is 1. The van der Waals surface area contributed by atoms with Crippen molar-refractivity contribution in [1.82, 2.24) is 10.3 Å². The highest BCUT2D eigenvalue weighted by Gasteiger charge is 2.13. The molecule has 0 aliphatic rings. The average Bonchev–Trinajstić information content (AvgIpc) is 2.52. The molecule has 0 aliphatic heterocycles. The molecule has 0 saturated carbocycles. The fourth-order valence-corrected chi connectivity index (χ4v) is 2.12. The predicted molar refractivity (Wildman–Crippen MR) is 81.7 cm³/mol. The third-order valence-electron chi connectivity index (χ3n) is 3.22. The van der Waals surface area contributed by atoms with Crippen LogP contribution >= 0.6 is 0 Å². The molecule has 0 spiro atoms. The SMILES string of the molecule is COCCCN(CCOC)Cc1ccccc1C(=O)NN. The summed E-state index contributed by atoms with van der Waals surface area (Å²) < 4.78 is 10.2. The molecule has 6 heteroatoms. The zero-order valence-electron chi connectivity index (χ0n) is 12.8. The van der Waals surface area contributed by atoms with Gasteiger partial charge in [0.25, 0.3) is 5.91 Å². The molecule has 0 radical (unpaired) electrons. The van der Waals surface area contributed by atoms with Gasteiger partial charge in [-0.15, -0.1) is 0 Å². The zero-order chi connectivity index (χ0) is 15.5. The monoisotopic (exact) mass is 295 g/mol. The highest BCUT2D eigenvalue weighted by Crippen LogP contribution is 2.12. The first-order valence-electron chi connectivity index (χ1n) is 7.02. The number of benzene rings is 1. The number of ether oxygens (including phenoxy) is 2. The lowest BCUT2D eigenvalue weighted by atomic mass is 10.1. The summed E-state index contributed by atoms with van der Waals surface area (Å²) in [5, 5.41) is 0. The zero-order valence-corrected chi connectivity index (χ0v) is 12.8. The number of methoxy groups -OCH3 is 2. The number of nitrogen functional groups attached to an aromatic ring is 1. The second-order valence-electron chi connectivity index (χ2n) is 4.75. The lowest BCUT2D eigenvalue weighted by Crippen LogP contribution is -2.33. The van der Waals surface area contributed by atoms with Crippen LogP contribution in [0.15, 0.2) is 24.3 Å². The summed E-state index contributed by atoms with van der Waals surface area (Å²) in [6, 6.07) is 7.48. The average molecular weight is 295 g/mol. The predicted octanol–water partition coefficient (Wildman–Crippen LogP) is 0.775. The second kappa shape index (κ2) is 10.3. The van der Waals surface area contributed by atoms with E-state index in [9.17, 15) is 4.79 Å². The van der Waals surface area contributed by atoms with E-state index in [0.717, 1.165) is 25.1 Å². The second-order valence-corrected chi connectivity index (χ2v) is 4.75. The Morgan fingerprint density at radius 2 is 1.90 bits per heavy atom. The smallest absolute Gasteiger partial charge is 0.265 e. The third kappa shape index (κ3) is 6.22. The number of hydrogen-bond acceptors (Lipinski definition) is 5. The van der Waals surface area contributed by atoms with Gasteiger partial charge in [-0.1, -0.05) is 18.2 Å². The van der Waals surface area contributed by atoms with Crippen molar-refractivity contribution in [3.05, 3.63) is 35.4 Å². The van der Waals surface area contributed by atoms with Gasteiger partial charge < -0.3 is 9.47 Å². The molecule has 3 N–H and O–H groups in total. The van der Waals surface area contributed by atoms with Gasteiger partial charge in [-0.2, -0.15) is 0 Å². The number of carbonyl (C=O) groups excluding carboxylic acids is 1. The topological polar surface area (TPSA) is 76.8 Å². The summed E-state index contributed by atoms with van der Waals surface area (Å²) in [5.74, 6) is 4.96. The Bertz CT molecular complexity index is 426. The minimum Gasteiger partial charge on any atom is -0.385 e. The summed E-state index contributed by atoms with van der Waals surface area (Å²) in [5.41, 5.74) is 3.75. The molecule has 0 unspecified atom stereocenters. The molecule has 0 atom stereocenters. The molecular weight excluding hydrogens is 270 g/mol. The van der Waals surface area contributed by atoms with Crippen LogP contribution in [0.3, 0.4) is 0 Å². The molecule has 0 saturated heterocycles. The van der Waals surface area contributed by atoms with Crippen LogP contribution < -0.4 is 11.3 Å². The van der Waals surface area contributed by atoms with Gasteiger partial charge in [-0.05, 0) is 18.1 Å². The highest BCUT2D eigenvalue weighted by molar-refractivity contribution is 5.95. The van der Waals surface area contributed by atoms with Crippen LogP contribution in [0.25, 0.3) is 0 Å². The molecule has 1 rings (SSSR count). The quantitative estimate of drug-likeness (QED) is 0.289. The Morgan fingerprint density at radius 1 is 1.19 bits per heavy atom. The summed E-state index contributed by atoms with van der Waals surface area (Å²) >= 11 is 0. The van der Waals surface area contributed by atoms with Gasteiger partial charge in [0.2, 0.25) is 0 Å². The van der Waals surface area contributed by atoms with Crippen LogP contribution in [0.5, 0.6) is 0 Å². The van der Waals surface area contributed by atoms with E-state index in [2.05, 4.69) is 10.3 Å². The maximum absolute atomic E-state index is 11.8. The van der Waals surface area contributed by atoms with Gasteiger partial charge in [0.15, 0.2) is 0 Å². The van der Waals surface area contributed by atoms with E-state index >= 15 is 0 Å². The van der Waals surface area contributed by atoms with Gasteiger partial charge in [-0.25, -0.2) is 5.84 Å². The molecule has 0 bridgehead atoms. The van der Waals surface area contributed by atoms with Crippen molar-refractivity contribution in [3.8, 4) is 0 Å². The maximum Gasteiger partial charge on any atom is 0.265 e. The number of nitrogens with two attached hydrogens (primary N) is 1. The Morgan fingerprint density at radius 3 is 2.57 bits per heavy atom. The molecule has 0 heterocycles. The fourth-order valence-electron chi connectivity index (χ4n) is 2.12. The van der Waals surface area contributed by atoms with Gasteiger partial charge in [0, 0.05) is 46.0 Å². The van der Waals surface area contributed by atoms with Crippen molar-refractivity contribution in [3.63, 3.8) is 0 Å². The number of hydrazine groups is 1. The van der Waals surface area contributed by atoms with Crippen LogP contribution in [0.2, 0.25) is 0 Å². The summed E-state index contributed by atoms with van der Waals surface area (Å²) in [4.78, 5) is 14.0. The normalized spacial score (nSPS) is 10.9. The Labute approximate surface area is 126 Å². The minimum absolute atomic E-state index is 0.269. The van der Waals surface area contributed by atoms with Crippen molar-refractivity contribution in [2.45, 2.75) is 13.0 Å². The van der Waals surface area contributed by atoms with E-state index in [1.54, 1.807) is 20.3 Å². The van der Waals surface area contributed by atoms with Crippen molar-refractivity contribution in [2.24, 2.45) is 5.84 Å². The summed E-state index contributed by atoms with van der Waals surface area (Å²) in [6.07, 6.45) is 0.936. The van der Waals surface area contributed by atoms with Crippen LogP contribution in [0.1, 0.15) is 22.3 Å². The van der Waals surface area contributed by atoms with E-state index in [-0.39, 0.29) is 5.91 Å². The van der Waals surface area contributed by atoms with Crippen LogP contribution in [-0.2, 0) is 16.0 Å². The van der Waals surface area contributed by atoms with Gasteiger partial charge in [-0.3, -0.25) is 15.1 Å². The van der Waals surface area contributed by atoms with Crippen LogP contribution in [-0.4, -0.2) is 51.3 Å². The number of rotatable bonds is 10. The Kier molecular flexibility index (Phi) is 8.61. The van der Waals surface area contributed by atoms with Gasteiger partial charge >= 0.3 is 0 Å². The largest absolute Gasteiger partial charge is 0.385 e. The van der Waals surface area contributed by atoms with Crippen molar-refractivity contribution >= 4 is 5.91 Å². The van der Waals surface area contributed by atoms with Gasteiger partial charge in [0.05, 0.1) is 6.61 Å². The molecule has 118 valence electrons. The molecule has 0 aliphatic carbocycles. The van der Waals surface area contributed by atoms with Gasteiger partial charge in [0.1, 0.15) is 0 Å². The molecule has 0 aromatic heterocycles. The number of hydrogen-bond donors (Lipinski definition) is 2. The fraction of sp³-hybridized carbons (Fsp3) is 0.533. The minimum atomic E-state index is -0.269. The number of carbonyl (C=O) groups is 1. The highest BCUT2D eigenvalue weighted by atomic mass is 16.5.